The van der Waals surface area contributed by atoms with Crippen LogP contribution in [0.25, 0.3) is 0 Å². The predicted molar refractivity (Wildman–Crippen MR) is 106 cm³/mol. The molecule has 0 saturated heterocycles. The lowest BCUT2D eigenvalue weighted by molar-refractivity contribution is -0.148. The van der Waals surface area contributed by atoms with Gasteiger partial charge in [-0.15, -0.1) is 0 Å². The lowest BCUT2D eigenvalue weighted by atomic mass is 10.2. The van der Waals surface area contributed by atoms with Crippen LogP contribution in [0.15, 0.2) is 0 Å². The van der Waals surface area contributed by atoms with E-state index < -0.39 is 46.9 Å². The Morgan fingerprint density at radius 2 is 1.17 bits per heavy atom. The van der Waals surface area contributed by atoms with Gasteiger partial charge in [0.2, 0.25) is 12.1 Å². The first-order valence-corrected chi connectivity index (χ1v) is 18.8. The number of carbonyl (C=O) groups is 1. The average molecular weight is 440 g/mol. The first-order valence-electron chi connectivity index (χ1n) is 7.47. The molecular weight excluding hydrogens is 411 g/mol. The van der Waals surface area contributed by atoms with Crippen LogP contribution < -0.4 is 0 Å². The van der Waals surface area contributed by atoms with Crippen molar-refractivity contribution in [3.05, 3.63) is 0 Å². The molecule has 0 rings (SSSR count). The molecule has 138 valence electrons. The molecule has 0 aromatic rings. The molecule has 0 amide bonds. The maximum Gasteiger partial charge on any atom is 0.323 e. The molecule has 0 aliphatic heterocycles. The summed E-state index contributed by atoms with van der Waals surface area (Å²) in [6.07, 6.45) is -2.05. The van der Waals surface area contributed by atoms with Crippen molar-refractivity contribution >= 4 is 65.7 Å². The second-order valence-corrected chi connectivity index (χ2v) is 24.1. The molecule has 0 spiro atoms. The van der Waals surface area contributed by atoms with Crippen LogP contribution >= 0.6 is 34.8 Å². The van der Waals surface area contributed by atoms with E-state index in [4.69, 9.17) is 48.1 Å². The predicted octanol–water partition coefficient (Wildman–Crippen LogP) is 5.17. The summed E-state index contributed by atoms with van der Waals surface area (Å²) < 4.78 is 15.8. The molecule has 0 unspecified atom stereocenters. The largest absolute Gasteiger partial charge is 0.518 e. The average Bonchev–Trinajstić information content (AvgIpc) is 2.16. The Balaban J connectivity index is 5.70. The van der Waals surface area contributed by atoms with E-state index in [-0.39, 0.29) is 0 Å². The van der Waals surface area contributed by atoms with Crippen LogP contribution in [-0.4, -0.2) is 46.9 Å². The number of alkyl halides is 3. The van der Waals surface area contributed by atoms with Gasteiger partial charge in [0.25, 0.3) is 0 Å². The molecule has 4 nitrogen and oxygen atoms in total. The minimum absolute atomic E-state index is 0.513. The summed E-state index contributed by atoms with van der Waals surface area (Å²) in [7, 11) is -6.30. The van der Waals surface area contributed by atoms with Crippen LogP contribution in [0.2, 0.25) is 58.9 Å². The van der Waals surface area contributed by atoms with Crippen molar-refractivity contribution in [3.8, 4) is 0 Å². The fourth-order valence-corrected chi connectivity index (χ4v) is 5.12. The lowest BCUT2D eigenvalue weighted by Gasteiger charge is -2.38. The Morgan fingerprint density at radius 3 is 1.43 bits per heavy atom. The first kappa shape index (κ1) is 23.9. The highest BCUT2D eigenvalue weighted by atomic mass is 35.6. The summed E-state index contributed by atoms with van der Waals surface area (Å²) in [6.45, 7) is 17.5. The Bertz CT molecular complexity index is 409. The van der Waals surface area contributed by atoms with Crippen molar-refractivity contribution in [1.82, 2.24) is 0 Å². The molecule has 2 atom stereocenters. The van der Waals surface area contributed by atoms with E-state index in [1.807, 2.05) is 58.9 Å². The zero-order valence-corrected chi connectivity index (χ0v) is 20.7. The fraction of sp³-hybridized carbons (Fsp3) is 0.923. The molecule has 0 fully saturated rings. The third-order valence-electron chi connectivity index (χ3n) is 2.20. The van der Waals surface area contributed by atoms with Gasteiger partial charge in [-0.2, -0.15) is 0 Å². The molecule has 0 N–H and O–H groups in total. The van der Waals surface area contributed by atoms with Crippen molar-refractivity contribution in [1.29, 1.82) is 0 Å². The van der Waals surface area contributed by atoms with Gasteiger partial charge in [-0.05, 0) is 58.9 Å². The molecule has 0 bridgehead atoms. The van der Waals surface area contributed by atoms with E-state index in [9.17, 15) is 4.79 Å². The highest BCUT2D eigenvalue weighted by Gasteiger charge is 2.48. The third-order valence-corrected chi connectivity index (χ3v) is 5.58. The topological polar surface area (TPSA) is 44.8 Å². The molecule has 0 radical (unpaired) electrons. The molecule has 0 saturated carbocycles. The van der Waals surface area contributed by atoms with Gasteiger partial charge in [0, 0.05) is 0 Å². The van der Waals surface area contributed by atoms with Crippen molar-refractivity contribution < 1.29 is 18.1 Å². The van der Waals surface area contributed by atoms with Gasteiger partial charge >= 0.3 is 5.97 Å². The number of halogens is 3. The molecule has 0 aliphatic rings. The summed E-state index contributed by atoms with van der Waals surface area (Å²) in [5.74, 6) is -0.513. The quantitative estimate of drug-likeness (QED) is 0.405. The van der Waals surface area contributed by atoms with Crippen molar-refractivity contribution in [3.63, 3.8) is 0 Å². The monoisotopic (exact) mass is 438 g/mol. The van der Waals surface area contributed by atoms with E-state index in [0.29, 0.717) is 0 Å². The Labute approximate surface area is 158 Å². The van der Waals surface area contributed by atoms with E-state index in [1.165, 1.54) is 0 Å². The van der Waals surface area contributed by atoms with Crippen molar-refractivity contribution in [2.24, 2.45) is 0 Å². The second kappa shape index (κ2) is 8.07. The minimum Gasteiger partial charge on any atom is -0.518 e. The van der Waals surface area contributed by atoms with Gasteiger partial charge < -0.3 is 13.3 Å². The molecule has 23 heavy (non-hydrogen) atoms. The zero-order chi connectivity index (χ0) is 18.9. The number of hydrogen-bond donors (Lipinski definition) is 0. The summed E-state index contributed by atoms with van der Waals surface area (Å²) in [6, 6.07) is 0. The molecule has 0 aliphatic carbocycles. The summed E-state index contributed by atoms with van der Waals surface area (Å²) >= 11 is 18.3. The van der Waals surface area contributed by atoms with Gasteiger partial charge in [-0.1, -0.05) is 34.8 Å². The molecular formula is C13H29Cl3O4Si3. The fourth-order valence-electron chi connectivity index (χ4n) is 1.66. The normalized spacial score (nSPS) is 16.9. The molecule has 0 heterocycles. The Hall–Kier alpha value is 0.911. The van der Waals surface area contributed by atoms with Crippen LogP contribution in [0.5, 0.6) is 0 Å². The standard InChI is InChI=1S/C13H29Cl3O4Si3/c1-21(2,3)18-10(12(17)20-23(7,8)9)11(13(14,15)16)19-22(4,5)6/h10-11H,1-9H3/t10-,11+/m1/s1. The zero-order valence-electron chi connectivity index (χ0n) is 15.4. The van der Waals surface area contributed by atoms with Gasteiger partial charge in [0.15, 0.2) is 22.7 Å². The third kappa shape index (κ3) is 11.2. The van der Waals surface area contributed by atoms with Crippen LogP contribution in [-0.2, 0) is 18.1 Å². The van der Waals surface area contributed by atoms with E-state index in [2.05, 4.69) is 0 Å². The van der Waals surface area contributed by atoms with Crippen molar-refractivity contribution in [2.45, 2.75) is 74.9 Å². The molecule has 0 aromatic carbocycles. The second-order valence-electron chi connectivity index (χ2n) is 8.38. The van der Waals surface area contributed by atoms with Gasteiger partial charge in [0.05, 0.1) is 0 Å². The minimum atomic E-state index is -2.11. The van der Waals surface area contributed by atoms with Crippen LogP contribution in [0.4, 0.5) is 0 Å². The van der Waals surface area contributed by atoms with Crippen molar-refractivity contribution in [2.75, 3.05) is 0 Å². The maximum atomic E-state index is 12.7. The molecule has 10 heteroatoms. The lowest BCUT2D eigenvalue weighted by Crippen LogP contribution is -2.55. The summed E-state index contributed by atoms with van der Waals surface area (Å²) in [4.78, 5) is 12.7. The smallest absolute Gasteiger partial charge is 0.323 e. The van der Waals surface area contributed by atoms with Gasteiger partial charge in [0.1, 0.15) is 6.10 Å². The van der Waals surface area contributed by atoms with E-state index >= 15 is 0 Å². The summed E-state index contributed by atoms with van der Waals surface area (Å²) in [5.41, 5.74) is 0. The number of rotatable bonds is 7. The SMILES string of the molecule is C[Si](C)(C)OC(=O)[C@H](O[Si](C)(C)C)[C@H](O[Si](C)(C)C)C(Cl)(Cl)Cl. The Morgan fingerprint density at radius 1 is 0.783 bits per heavy atom. The Kier molecular flexibility index (Phi) is 8.39. The number of hydrogen-bond acceptors (Lipinski definition) is 4. The van der Waals surface area contributed by atoms with E-state index in [1.54, 1.807) is 0 Å². The van der Waals surface area contributed by atoms with Crippen LogP contribution in [0, 0.1) is 0 Å². The highest BCUT2D eigenvalue weighted by Crippen LogP contribution is 2.38. The van der Waals surface area contributed by atoms with Crippen LogP contribution in [0.1, 0.15) is 0 Å². The van der Waals surface area contributed by atoms with E-state index in [0.717, 1.165) is 0 Å². The van der Waals surface area contributed by atoms with Gasteiger partial charge in [-0.25, -0.2) is 0 Å². The highest BCUT2D eigenvalue weighted by molar-refractivity contribution is 6.73. The summed E-state index contributed by atoms with van der Waals surface area (Å²) in [5, 5.41) is 0. The van der Waals surface area contributed by atoms with Crippen LogP contribution in [0.3, 0.4) is 0 Å². The first-order chi connectivity index (χ1) is 9.82. The van der Waals surface area contributed by atoms with Gasteiger partial charge in [-0.3, -0.25) is 4.79 Å². The maximum absolute atomic E-state index is 12.7. The molecule has 0 aromatic heterocycles. The number of carbonyl (C=O) groups excluding carboxylic acids is 1.